The second kappa shape index (κ2) is 9.45. The van der Waals surface area contributed by atoms with Gasteiger partial charge in [-0.15, -0.1) is 0 Å². The molecule has 2 N–H and O–H groups in total. The van der Waals surface area contributed by atoms with Crippen molar-refractivity contribution in [3.8, 4) is 17.6 Å². The summed E-state index contributed by atoms with van der Waals surface area (Å²) in [4.78, 5) is 16.8. The van der Waals surface area contributed by atoms with Crippen molar-refractivity contribution in [3.05, 3.63) is 24.0 Å². The van der Waals surface area contributed by atoms with E-state index in [1.807, 2.05) is 6.07 Å². The summed E-state index contributed by atoms with van der Waals surface area (Å²) in [5.74, 6) is 1.58. The maximum Gasteiger partial charge on any atom is 0.231 e. The predicted molar refractivity (Wildman–Crippen MR) is 125 cm³/mol. The lowest BCUT2D eigenvalue weighted by atomic mass is 9.99. The van der Waals surface area contributed by atoms with Crippen molar-refractivity contribution in [1.29, 1.82) is 5.26 Å². The predicted octanol–water partition coefficient (Wildman–Crippen LogP) is 3.81. The molecule has 1 fully saturated rings. The molecule has 10 heteroatoms. The van der Waals surface area contributed by atoms with Crippen LogP contribution < -0.4 is 15.2 Å². The molecule has 1 unspecified atom stereocenters. The van der Waals surface area contributed by atoms with E-state index in [1.54, 1.807) is 6.07 Å². The van der Waals surface area contributed by atoms with Gasteiger partial charge in [-0.05, 0) is 44.8 Å². The number of nitriles is 1. The largest absolute Gasteiger partial charge is 0.454 e. The third-order valence-corrected chi connectivity index (χ3v) is 7.32. The fraction of sp³-hybridized carbons (Fsp3) is 0.478. The molecule has 33 heavy (non-hydrogen) atoms. The standard InChI is InChI=1S/C23H27N7O2S/c1-2-7-29-8-4-3-5-16(29)6-9-30-22-20(21(25)26-13-27-22)28-23(30)33-19-11-18-17(31-14-32-18)10-15(19)12-24/h10-11,13,16H,2-9,14H2,1H3,(H2,25,26,27). The van der Waals surface area contributed by atoms with Crippen molar-refractivity contribution in [2.75, 3.05) is 25.6 Å². The van der Waals surface area contributed by atoms with E-state index in [9.17, 15) is 5.26 Å². The Bertz CT molecular complexity index is 1200. The molecule has 0 saturated carbocycles. The monoisotopic (exact) mass is 465 g/mol. The van der Waals surface area contributed by atoms with Gasteiger partial charge in [0, 0.05) is 23.5 Å². The molecule has 0 spiro atoms. The van der Waals surface area contributed by atoms with Crippen molar-refractivity contribution in [3.63, 3.8) is 0 Å². The number of nitrogen functional groups attached to an aromatic ring is 1. The second-order valence-electron chi connectivity index (χ2n) is 8.37. The first kappa shape index (κ1) is 21.8. The summed E-state index contributed by atoms with van der Waals surface area (Å²) in [6.45, 7) is 5.47. The SMILES string of the molecule is CCCN1CCCCC1CCn1c(Sc2cc3c(cc2C#N)OCO3)nc2c(N)ncnc21. The summed E-state index contributed by atoms with van der Waals surface area (Å²) in [7, 11) is 0. The molecule has 2 aliphatic rings. The van der Waals surface area contributed by atoms with Gasteiger partial charge in [-0.3, -0.25) is 0 Å². The molecule has 9 nitrogen and oxygen atoms in total. The van der Waals surface area contributed by atoms with E-state index in [4.69, 9.17) is 20.2 Å². The molecule has 1 aromatic carbocycles. The van der Waals surface area contributed by atoms with Crippen LogP contribution in [0.1, 0.15) is 44.6 Å². The molecule has 1 atom stereocenters. The maximum atomic E-state index is 9.70. The average Bonchev–Trinajstić information content (AvgIpc) is 3.43. The van der Waals surface area contributed by atoms with Gasteiger partial charge in [-0.25, -0.2) is 15.0 Å². The average molecular weight is 466 g/mol. The fourth-order valence-corrected chi connectivity index (χ4v) is 5.66. The summed E-state index contributed by atoms with van der Waals surface area (Å²) in [6.07, 6.45) is 7.42. The number of hydrogen-bond acceptors (Lipinski definition) is 9. The zero-order chi connectivity index (χ0) is 22.8. The number of likely N-dealkylation sites (tertiary alicyclic amines) is 1. The van der Waals surface area contributed by atoms with Crippen LogP contribution in [-0.4, -0.2) is 50.3 Å². The number of aryl methyl sites for hydroxylation is 1. The van der Waals surface area contributed by atoms with E-state index < -0.39 is 0 Å². The summed E-state index contributed by atoms with van der Waals surface area (Å²) in [6, 6.07) is 6.37. The van der Waals surface area contributed by atoms with Crippen LogP contribution in [0, 0.1) is 11.3 Å². The molecule has 5 rings (SSSR count). The minimum absolute atomic E-state index is 0.161. The quantitative estimate of drug-likeness (QED) is 0.556. The van der Waals surface area contributed by atoms with Gasteiger partial charge in [-0.1, -0.05) is 25.1 Å². The van der Waals surface area contributed by atoms with Crippen molar-refractivity contribution >= 4 is 28.7 Å². The van der Waals surface area contributed by atoms with E-state index >= 15 is 0 Å². The third-order valence-electron chi connectivity index (χ3n) is 6.27. The molecule has 0 aliphatic carbocycles. The molecule has 0 radical (unpaired) electrons. The number of nitrogens with zero attached hydrogens (tertiary/aromatic N) is 6. The Balaban J connectivity index is 1.48. The smallest absolute Gasteiger partial charge is 0.231 e. The Labute approximate surface area is 196 Å². The van der Waals surface area contributed by atoms with Crippen LogP contribution in [0.4, 0.5) is 5.82 Å². The first-order chi connectivity index (χ1) is 16.2. The van der Waals surface area contributed by atoms with E-state index in [0.717, 1.165) is 41.6 Å². The highest BCUT2D eigenvalue weighted by Crippen LogP contribution is 2.41. The van der Waals surface area contributed by atoms with Gasteiger partial charge in [0.25, 0.3) is 0 Å². The topological polar surface area (TPSA) is 115 Å². The minimum Gasteiger partial charge on any atom is -0.454 e. The lowest BCUT2D eigenvalue weighted by Crippen LogP contribution is -2.40. The van der Waals surface area contributed by atoms with E-state index in [-0.39, 0.29) is 6.79 Å². The molecular weight excluding hydrogens is 438 g/mol. The maximum absolute atomic E-state index is 9.70. The van der Waals surface area contributed by atoms with Crippen LogP contribution in [-0.2, 0) is 6.54 Å². The van der Waals surface area contributed by atoms with Gasteiger partial charge < -0.3 is 24.7 Å². The van der Waals surface area contributed by atoms with Crippen LogP contribution in [0.5, 0.6) is 11.5 Å². The lowest BCUT2D eigenvalue weighted by molar-refractivity contribution is 0.136. The van der Waals surface area contributed by atoms with Crippen molar-refractivity contribution in [2.45, 2.75) is 61.7 Å². The van der Waals surface area contributed by atoms with E-state index in [2.05, 4.69) is 32.4 Å². The molecule has 172 valence electrons. The second-order valence-corrected chi connectivity index (χ2v) is 9.38. The van der Waals surface area contributed by atoms with Crippen LogP contribution >= 0.6 is 11.8 Å². The molecule has 0 amide bonds. The van der Waals surface area contributed by atoms with E-state index in [0.29, 0.717) is 34.4 Å². The molecule has 2 aliphatic heterocycles. The van der Waals surface area contributed by atoms with E-state index in [1.165, 1.54) is 43.9 Å². The highest BCUT2D eigenvalue weighted by molar-refractivity contribution is 7.99. The van der Waals surface area contributed by atoms with Crippen molar-refractivity contribution in [1.82, 2.24) is 24.4 Å². The highest BCUT2D eigenvalue weighted by atomic mass is 32.2. The number of anilines is 1. The third kappa shape index (κ3) is 4.30. The summed E-state index contributed by atoms with van der Waals surface area (Å²) < 4.78 is 13.1. The number of aromatic nitrogens is 4. The molecule has 0 bridgehead atoms. The number of nitrogens with two attached hydrogens (primary N) is 1. The Morgan fingerprint density at radius 3 is 2.88 bits per heavy atom. The number of piperidine rings is 1. The lowest BCUT2D eigenvalue weighted by Gasteiger charge is -2.35. The first-order valence-corrected chi connectivity index (χ1v) is 12.2. The van der Waals surface area contributed by atoms with Gasteiger partial charge in [-0.2, -0.15) is 5.26 Å². The van der Waals surface area contributed by atoms with Crippen LogP contribution in [0.15, 0.2) is 28.5 Å². The molecule has 3 aromatic rings. The summed E-state index contributed by atoms with van der Waals surface area (Å²) in [5.41, 5.74) is 7.96. The number of imidazole rings is 1. The number of hydrogen-bond donors (Lipinski definition) is 1. The Morgan fingerprint density at radius 1 is 1.21 bits per heavy atom. The number of ether oxygens (including phenoxy) is 2. The Kier molecular flexibility index (Phi) is 6.24. The molecule has 2 aromatic heterocycles. The van der Waals surface area contributed by atoms with Gasteiger partial charge in [0.2, 0.25) is 6.79 Å². The van der Waals surface area contributed by atoms with Crippen LogP contribution in [0.3, 0.4) is 0 Å². The number of fused-ring (bicyclic) bond motifs is 2. The van der Waals surface area contributed by atoms with Gasteiger partial charge in [0.1, 0.15) is 12.4 Å². The number of rotatable bonds is 7. The zero-order valence-electron chi connectivity index (χ0n) is 18.7. The Morgan fingerprint density at radius 2 is 2.06 bits per heavy atom. The zero-order valence-corrected chi connectivity index (χ0v) is 19.5. The fourth-order valence-electron chi connectivity index (χ4n) is 4.65. The van der Waals surface area contributed by atoms with Gasteiger partial charge in [0.05, 0.1) is 5.56 Å². The van der Waals surface area contributed by atoms with Gasteiger partial charge in [0.15, 0.2) is 33.6 Å². The van der Waals surface area contributed by atoms with Crippen molar-refractivity contribution < 1.29 is 9.47 Å². The number of benzene rings is 1. The molecule has 4 heterocycles. The van der Waals surface area contributed by atoms with Gasteiger partial charge >= 0.3 is 0 Å². The highest BCUT2D eigenvalue weighted by Gasteiger charge is 2.24. The molecular formula is C23H27N7O2S. The minimum atomic E-state index is 0.161. The summed E-state index contributed by atoms with van der Waals surface area (Å²) in [5, 5.41) is 10.4. The van der Waals surface area contributed by atoms with Crippen molar-refractivity contribution in [2.24, 2.45) is 0 Å². The van der Waals surface area contributed by atoms with Crippen LogP contribution in [0.2, 0.25) is 0 Å². The summed E-state index contributed by atoms with van der Waals surface area (Å²) >= 11 is 1.42. The first-order valence-electron chi connectivity index (χ1n) is 11.4. The van der Waals surface area contributed by atoms with Crippen LogP contribution in [0.25, 0.3) is 11.2 Å². The molecule has 1 saturated heterocycles. The normalized spacial score (nSPS) is 18.0. The Hall–Kier alpha value is -3.03.